The zero-order valence-electron chi connectivity index (χ0n) is 14.3. The Morgan fingerprint density at radius 3 is 2.74 bits per heavy atom. The van der Waals surface area contributed by atoms with Gasteiger partial charge in [0.15, 0.2) is 0 Å². The fourth-order valence-corrected chi connectivity index (χ4v) is 4.95. The maximum Gasteiger partial charge on any atom is 0.320 e. The molecule has 3 heteroatoms. The van der Waals surface area contributed by atoms with Gasteiger partial charge in [-0.15, -0.1) is 0 Å². The number of likely N-dealkylation sites (tertiary alicyclic amines) is 2. The van der Waals surface area contributed by atoms with E-state index in [0.717, 1.165) is 45.3 Å². The van der Waals surface area contributed by atoms with E-state index in [9.17, 15) is 4.79 Å². The molecule has 2 saturated heterocycles. The highest BCUT2D eigenvalue weighted by Crippen LogP contribution is 2.43. The van der Waals surface area contributed by atoms with Crippen molar-refractivity contribution in [3.05, 3.63) is 35.4 Å². The summed E-state index contributed by atoms with van der Waals surface area (Å²) < 4.78 is 0. The molecule has 2 fully saturated rings. The number of carbonyl (C=O) groups excluding carboxylic acids is 1. The van der Waals surface area contributed by atoms with E-state index in [2.05, 4.69) is 41.0 Å². The van der Waals surface area contributed by atoms with Gasteiger partial charge in [-0.05, 0) is 61.5 Å². The minimum absolute atomic E-state index is 0.246. The van der Waals surface area contributed by atoms with Crippen molar-refractivity contribution < 1.29 is 4.79 Å². The normalized spacial score (nSPS) is 30.6. The summed E-state index contributed by atoms with van der Waals surface area (Å²) in [5, 5.41) is 0. The number of amides is 2. The number of benzene rings is 1. The van der Waals surface area contributed by atoms with Crippen molar-refractivity contribution in [1.82, 2.24) is 9.80 Å². The molecule has 4 rings (SSSR count). The summed E-state index contributed by atoms with van der Waals surface area (Å²) in [5.74, 6) is 0. The molecule has 2 heterocycles. The van der Waals surface area contributed by atoms with Gasteiger partial charge >= 0.3 is 6.03 Å². The molecule has 0 radical (unpaired) electrons. The molecule has 2 atom stereocenters. The Labute approximate surface area is 139 Å². The van der Waals surface area contributed by atoms with Gasteiger partial charge in [-0.25, -0.2) is 4.79 Å². The highest BCUT2D eigenvalue weighted by atomic mass is 16.2. The van der Waals surface area contributed by atoms with Crippen LogP contribution in [-0.2, 0) is 11.8 Å². The molecule has 0 aromatic heterocycles. The molecule has 1 aromatic carbocycles. The minimum atomic E-state index is 0.246. The summed E-state index contributed by atoms with van der Waals surface area (Å²) in [6, 6.07) is 9.67. The third-order valence-corrected chi connectivity index (χ3v) is 6.32. The minimum Gasteiger partial charge on any atom is -0.325 e. The molecule has 1 aromatic rings. The zero-order chi connectivity index (χ0) is 15.9. The fraction of sp³-hybridized carbons (Fsp3) is 0.650. The van der Waals surface area contributed by atoms with Crippen LogP contribution in [0.4, 0.5) is 4.79 Å². The van der Waals surface area contributed by atoms with E-state index < -0.39 is 0 Å². The molecular formula is C20H28N2O. The Bertz CT molecular complexity index is 593. The summed E-state index contributed by atoms with van der Waals surface area (Å²) in [5.41, 5.74) is 3.29. The van der Waals surface area contributed by atoms with Gasteiger partial charge in [0.25, 0.3) is 0 Å². The molecule has 3 nitrogen and oxygen atoms in total. The second kappa shape index (κ2) is 5.85. The second-order valence-corrected chi connectivity index (χ2v) is 7.89. The van der Waals surface area contributed by atoms with Gasteiger partial charge in [-0.2, -0.15) is 0 Å². The predicted molar refractivity (Wildman–Crippen MR) is 92.7 cm³/mol. The Morgan fingerprint density at radius 1 is 1.13 bits per heavy atom. The number of hydrogen-bond donors (Lipinski definition) is 0. The van der Waals surface area contributed by atoms with E-state index in [0.29, 0.717) is 12.1 Å². The molecule has 23 heavy (non-hydrogen) atoms. The standard InChI is InChI=1S/C20H28N2O/c1-20-11-14-22(19(23)21-12-5-2-6-13-21)17(15-20)10-9-16-7-3-4-8-18(16)20/h3-4,7-8,17H,2,5-6,9-15H2,1H3. The monoisotopic (exact) mass is 312 g/mol. The van der Waals surface area contributed by atoms with Crippen molar-refractivity contribution in [2.24, 2.45) is 0 Å². The van der Waals surface area contributed by atoms with Gasteiger partial charge in [0.2, 0.25) is 0 Å². The van der Waals surface area contributed by atoms with Crippen molar-refractivity contribution >= 4 is 6.03 Å². The Balaban J connectivity index is 1.56. The lowest BCUT2D eigenvalue weighted by atomic mass is 9.72. The van der Waals surface area contributed by atoms with Crippen LogP contribution in [0.1, 0.15) is 56.6 Å². The first-order valence-electron chi connectivity index (χ1n) is 9.31. The van der Waals surface area contributed by atoms with Crippen LogP contribution in [0.2, 0.25) is 0 Å². The van der Waals surface area contributed by atoms with Crippen LogP contribution in [0.5, 0.6) is 0 Å². The lowest BCUT2D eigenvalue weighted by Crippen LogP contribution is -2.54. The first-order chi connectivity index (χ1) is 11.2. The van der Waals surface area contributed by atoms with Crippen LogP contribution >= 0.6 is 0 Å². The Hall–Kier alpha value is -1.51. The molecule has 0 saturated carbocycles. The van der Waals surface area contributed by atoms with Crippen LogP contribution < -0.4 is 0 Å². The summed E-state index contributed by atoms with van der Waals surface area (Å²) in [6.45, 7) is 5.25. The van der Waals surface area contributed by atoms with Crippen LogP contribution in [0.15, 0.2) is 24.3 Å². The third kappa shape index (κ3) is 2.64. The summed E-state index contributed by atoms with van der Waals surface area (Å²) in [4.78, 5) is 17.3. The first kappa shape index (κ1) is 15.0. The largest absolute Gasteiger partial charge is 0.325 e. The smallest absolute Gasteiger partial charge is 0.320 e. The van der Waals surface area contributed by atoms with Crippen LogP contribution in [-0.4, -0.2) is 41.5 Å². The van der Waals surface area contributed by atoms with E-state index in [1.165, 1.54) is 30.4 Å². The lowest BCUT2D eigenvalue weighted by molar-refractivity contribution is 0.0857. The van der Waals surface area contributed by atoms with Crippen molar-refractivity contribution in [3.8, 4) is 0 Å². The van der Waals surface area contributed by atoms with E-state index >= 15 is 0 Å². The summed E-state index contributed by atoms with van der Waals surface area (Å²) >= 11 is 0. The quantitative estimate of drug-likeness (QED) is 0.711. The van der Waals surface area contributed by atoms with E-state index in [1.54, 1.807) is 0 Å². The average Bonchev–Trinajstić information content (AvgIpc) is 2.71. The molecular weight excluding hydrogens is 284 g/mol. The van der Waals surface area contributed by atoms with Crippen LogP contribution in [0.25, 0.3) is 0 Å². The zero-order valence-corrected chi connectivity index (χ0v) is 14.3. The second-order valence-electron chi connectivity index (χ2n) is 7.89. The van der Waals surface area contributed by atoms with Gasteiger partial charge in [0.05, 0.1) is 0 Å². The van der Waals surface area contributed by atoms with Crippen LogP contribution in [0.3, 0.4) is 0 Å². The number of hydrogen-bond acceptors (Lipinski definition) is 1. The highest BCUT2D eigenvalue weighted by molar-refractivity contribution is 5.75. The van der Waals surface area contributed by atoms with Gasteiger partial charge < -0.3 is 9.80 Å². The van der Waals surface area contributed by atoms with Crippen molar-refractivity contribution in [2.75, 3.05) is 19.6 Å². The highest BCUT2D eigenvalue weighted by Gasteiger charge is 2.43. The number of rotatable bonds is 0. The first-order valence-corrected chi connectivity index (χ1v) is 9.31. The van der Waals surface area contributed by atoms with E-state index in [-0.39, 0.29) is 5.41 Å². The van der Waals surface area contributed by atoms with Gasteiger partial charge in [0.1, 0.15) is 0 Å². The molecule has 2 bridgehead atoms. The van der Waals surface area contributed by atoms with E-state index in [1.807, 2.05) is 0 Å². The lowest BCUT2D eigenvalue weighted by Gasteiger charge is -2.46. The SMILES string of the molecule is CC12CCN(C(=O)N3CCCCC3)C(CCc3ccccc31)C2. The molecule has 1 aliphatic carbocycles. The molecule has 0 N–H and O–H groups in total. The summed E-state index contributed by atoms with van der Waals surface area (Å²) in [7, 11) is 0. The Morgan fingerprint density at radius 2 is 1.91 bits per heavy atom. The summed E-state index contributed by atoms with van der Waals surface area (Å²) in [6.07, 6.45) is 8.08. The van der Waals surface area contributed by atoms with Crippen LogP contribution in [0, 0.1) is 0 Å². The average molecular weight is 312 g/mol. The molecule has 2 amide bonds. The third-order valence-electron chi connectivity index (χ3n) is 6.32. The van der Waals surface area contributed by atoms with Gasteiger partial charge in [-0.3, -0.25) is 0 Å². The number of aryl methyl sites for hydroxylation is 1. The van der Waals surface area contributed by atoms with Gasteiger partial charge in [-0.1, -0.05) is 31.2 Å². The Kier molecular flexibility index (Phi) is 3.82. The van der Waals surface area contributed by atoms with Crippen molar-refractivity contribution in [1.29, 1.82) is 0 Å². The maximum absolute atomic E-state index is 13.0. The number of urea groups is 1. The molecule has 2 aliphatic heterocycles. The topological polar surface area (TPSA) is 23.6 Å². The molecule has 124 valence electrons. The number of nitrogens with zero attached hydrogens (tertiary/aromatic N) is 2. The fourth-order valence-electron chi connectivity index (χ4n) is 4.95. The number of carbonyl (C=O) groups is 1. The van der Waals surface area contributed by atoms with E-state index in [4.69, 9.17) is 0 Å². The van der Waals surface area contributed by atoms with Crippen molar-refractivity contribution in [3.63, 3.8) is 0 Å². The molecule has 0 spiro atoms. The number of piperidine rings is 2. The maximum atomic E-state index is 13.0. The number of fused-ring (bicyclic) bond motifs is 4. The van der Waals surface area contributed by atoms with Gasteiger partial charge in [0, 0.05) is 25.7 Å². The molecule has 3 aliphatic rings. The predicted octanol–water partition coefficient (Wildman–Crippen LogP) is 3.96. The van der Waals surface area contributed by atoms with Crippen molar-refractivity contribution in [2.45, 2.75) is 63.3 Å². The molecule has 2 unspecified atom stereocenters.